The molecule has 0 aromatic heterocycles. The standard InChI is InChI=1S/C14H12Cl4Si/c15-13-7-3-1-5-11(13)9-19(17,18)10-12-6-2-4-8-14(12)16/h1-8H,9-10H2. The van der Waals surface area contributed by atoms with Gasteiger partial charge in [-0.05, 0) is 35.3 Å². The van der Waals surface area contributed by atoms with E-state index in [-0.39, 0.29) is 0 Å². The van der Waals surface area contributed by atoms with E-state index in [4.69, 9.17) is 45.4 Å². The average Bonchev–Trinajstić information content (AvgIpc) is 2.35. The van der Waals surface area contributed by atoms with Crippen molar-refractivity contribution in [1.29, 1.82) is 0 Å². The molecule has 100 valence electrons. The number of rotatable bonds is 4. The third-order valence-electron chi connectivity index (χ3n) is 2.81. The third-order valence-corrected chi connectivity index (χ3v) is 6.95. The number of benzene rings is 2. The molecule has 5 heteroatoms. The molecule has 0 bridgehead atoms. The predicted molar refractivity (Wildman–Crippen MR) is 87.8 cm³/mol. The lowest BCUT2D eigenvalue weighted by atomic mass is 10.2. The molecule has 0 aliphatic rings. The molecule has 0 spiro atoms. The molecule has 0 aliphatic carbocycles. The van der Waals surface area contributed by atoms with E-state index in [0.717, 1.165) is 11.1 Å². The summed E-state index contributed by atoms with van der Waals surface area (Å²) in [6, 6.07) is 16.5. The molecule has 0 heterocycles. The summed E-state index contributed by atoms with van der Waals surface area (Å²) >= 11 is 25.4. The van der Waals surface area contributed by atoms with Gasteiger partial charge in [-0.15, -0.1) is 22.2 Å². The third kappa shape index (κ3) is 4.40. The fraction of sp³-hybridized carbons (Fsp3) is 0.143. The van der Waals surface area contributed by atoms with Crippen LogP contribution in [0.1, 0.15) is 11.1 Å². The maximum Gasteiger partial charge on any atom is 0.259 e. The zero-order valence-corrected chi connectivity index (χ0v) is 14.1. The van der Waals surface area contributed by atoms with Crippen LogP contribution in [0.4, 0.5) is 0 Å². The highest BCUT2D eigenvalue weighted by atomic mass is 35.7. The van der Waals surface area contributed by atoms with Gasteiger partial charge in [0.15, 0.2) is 0 Å². The van der Waals surface area contributed by atoms with Crippen LogP contribution in [0.3, 0.4) is 0 Å². The summed E-state index contributed by atoms with van der Waals surface area (Å²) in [4.78, 5) is 0. The minimum atomic E-state index is -2.47. The van der Waals surface area contributed by atoms with Crippen molar-refractivity contribution >= 4 is 52.1 Å². The van der Waals surface area contributed by atoms with Crippen molar-refractivity contribution in [3.8, 4) is 0 Å². The Morgan fingerprint density at radius 2 is 1.05 bits per heavy atom. The van der Waals surface area contributed by atoms with Crippen LogP contribution in [0.5, 0.6) is 0 Å². The highest BCUT2D eigenvalue weighted by Crippen LogP contribution is 2.30. The summed E-state index contributed by atoms with van der Waals surface area (Å²) in [5.74, 6) is 0. The van der Waals surface area contributed by atoms with E-state index in [2.05, 4.69) is 0 Å². The summed E-state index contributed by atoms with van der Waals surface area (Å²) in [5.41, 5.74) is 1.99. The molecule has 2 aromatic carbocycles. The fourth-order valence-corrected chi connectivity index (χ4v) is 6.12. The number of halogens is 4. The van der Waals surface area contributed by atoms with Gasteiger partial charge in [0.05, 0.1) is 0 Å². The van der Waals surface area contributed by atoms with Crippen molar-refractivity contribution in [2.45, 2.75) is 12.1 Å². The Morgan fingerprint density at radius 3 is 1.42 bits per heavy atom. The van der Waals surface area contributed by atoms with Gasteiger partial charge in [-0.2, -0.15) is 0 Å². The van der Waals surface area contributed by atoms with Crippen molar-refractivity contribution in [3.05, 3.63) is 69.7 Å². The van der Waals surface area contributed by atoms with Gasteiger partial charge in [0.2, 0.25) is 0 Å². The molecule has 0 saturated carbocycles. The van der Waals surface area contributed by atoms with E-state index in [1.54, 1.807) is 0 Å². The maximum atomic E-state index is 6.54. The van der Waals surface area contributed by atoms with Crippen LogP contribution < -0.4 is 0 Å². The molecule has 19 heavy (non-hydrogen) atoms. The second-order valence-corrected chi connectivity index (χ2v) is 12.5. The van der Waals surface area contributed by atoms with Gasteiger partial charge in [0.25, 0.3) is 6.69 Å². The van der Waals surface area contributed by atoms with Crippen LogP contribution in [-0.2, 0) is 12.1 Å². The molecule has 0 fully saturated rings. The van der Waals surface area contributed by atoms with E-state index in [1.807, 2.05) is 48.5 Å². The Kier molecular flexibility index (Phi) is 5.21. The molecule has 2 rings (SSSR count). The van der Waals surface area contributed by atoms with Crippen molar-refractivity contribution in [2.24, 2.45) is 0 Å². The van der Waals surface area contributed by atoms with Gasteiger partial charge in [-0.3, -0.25) is 0 Å². The highest BCUT2D eigenvalue weighted by Gasteiger charge is 2.30. The topological polar surface area (TPSA) is 0 Å². The number of hydrogen-bond donors (Lipinski definition) is 0. The largest absolute Gasteiger partial charge is 0.259 e. The lowest BCUT2D eigenvalue weighted by molar-refractivity contribution is 1.28. The number of hydrogen-bond acceptors (Lipinski definition) is 0. The van der Waals surface area contributed by atoms with Crippen molar-refractivity contribution in [3.63, 3.8) is 0 Å². The molecule has 2 aromatic rings. The first kappa shape index (κ1) is 15.2. The lowest BCUT2D eigenvalue weighted by Gasteiger charge is -2.18. The molecule has 0 amide bonds. The molecule has 0 nitrogen and oxygen atoms in total. The Morgan fingerprint density at radius 1 is 0.684 bits per heavy atom. The SMILES string of the molecule is Clc1ccccc1C[Si](Cl)(Cl)Cc1ccccc1Cl. The first-order chi connectivity index (χ1) is 8.98. The summed E-state index contributed by atoms with van der Waals surface area (Å²) in [6.07, 6.45) is 0. The van der Waals surface area contributed by atoms with Gasteiger partial charge < -0.3 is 0 Å². The minimum Gasteiger partial charge on any atom is -0.145 e. The van der Waals surface area contributed by atoms with Gasteiger partial charge >= 0.3 is 0 Å². The fourth-order valence-electron chi connectivity index (χ4n) is 1.90. The first-order valence-electron chi connectivity index (χ1n) is 5.82. The lowest BCUT2D eigenvalue weighted by Crippen LogP contribution is -2.27. The molecule has 0 atom stereocenters. The van der Waals surface area contributed by atoms with Gasteiger partial charge in [0.1, 0.15) is 0 Å². The summed E-state index contributed by atoms with van der Waals surface area (Å²) in [7, 11) is 0. The predicted octanol–water partition coefficient (Wildman–Crippen LogP) is 5.78. The van der Waals surface area contributed by atoms with Crippen molar-refractivity contribution in [1.82, 2.24) is 0 Å². The summed E-state index contributed by atoms with van der Waals surface area (Å²) in [6.45, 7) is -2.47. The monoisotopic (exact) mass is 348 g/mol. The molecule has 0 N–H and O–H groups in total. The Bertz CT molecular complexity index is 519. The zero-order chi connectivity index (χ0) is 13.9. The van der Waals surface area contributed by atoms with Crippen LogP contribution in [0.2, 0.25) is 10.0 Å². The molecular formula is C14H12Cl4Si. The van der Waals surface area contributed by atoms with Gasteiger partial charge in [0, 0.05) is 10.0 Å². The second kappa shape index (κ2) is 6.51. The van der Waals surface area contributed by atoms with E-state index < -0.39 is 6.69 Å². The normalized spacial score (nSPS) is 11.6. The molecule has 0 radical (unpaired) electrons. The van der Waals surface area contributed by atoms with Gasteiger partial charge in [-0.1, -0.05) is 59.6 Å². The molecule has 0 unspecified atom stereocenters. The van der Waals surface area contributed by atoms with E-state index in [1.165, 1.54) is 0 Å². The first-order valence-corrected chi connectivity index (χ1v) is 11.0. The zero-order valence-electron chi connectivity index (χ0n) is 10.0. The molecule has 0 aliphatic heterocycles. The quantitative estimate of drug-likeness (QED) is 0.485. The highest BCUT2D eigenvalue weighted by molar-refractivity contribution is 7.44. The second-order valence-electron chi connectivity index (χ2n) is 4.39. The summed E-state index contributed by atoms with van der Waals surface area (Å²) in [5, 5.41) is 1.42. The van der Waals surface area contributed by atoms with E-state index in [9.17, 15) is 0 Å². The van der Waals surface area contributed by atoms with Crippen LogP contribution in [-0.4, -0.2) is 6.69 Å². The molecule has 0 saturated heterocycles. The maximum absolute atomic E-state index is 6.54. The summed E-state index contributed by atoms with van der Waals surface area (Å²) < 4.78 is 0. The van der Waals surface area contributed by atoms with Crippen LogP contribution in [0.25, 0.3) is 0 Å². The Labute approximate surface area is 133 Å². The minimum absolute atomic E-state index is 0.612. The van der Waals surface area contributed by atoms with Crippen LogP contribution >= 0.6 is 45.4 Å². The molecular weight excluding hydrogens is 338 g/mol. The Hall–Kier alpha value is -0.183. The van der Waals surface area contributed by atoms with Crippen LogP contribution in [0, 0.1) is 0 Å². The van der Waals surface area contributed by atoms with Crippen molar-refractivity contribution < 1.29 is 0 Å². The average molecular weight is 350 g/mol. The Balaban J connectivity index is 2.15. The van der Waals surface area contributed by atoms with Crippen molar-refractivity contribution in [2.75, 3.05) is 0 Å². The van der Waals surface area contributed by atoms with E-state index >= 15 is 0 Å². The van der Waals surface area contributed by atoms with Crippen LogP contribution in [0.15, 0.2) is 48.5 Å². The smallest absolute Gasteiger partial charge is 0.145 e. The van der Waals surface area contributed by atoms with E-state index in [0.29, 0.717) is 22.1 Å². The van der Waals surface area contributed by atoms with Gasteiger partial charge in [-0.25, -0.2) is 0 Å².